The van der Waals surface area contributed by atoms with Crippen molar-refractivity contribution in [2.75, 3.05) is 0 Å². The van der Waals surface area contributed by atoms with Gasteiger partial charge in [-0.3, -0.25) is 0 Å². The lowest BCUT2D eigenvalue weighted by molar-refractivity contribution is 0.860. The summed E-state index contributed by atoms with van der Waals surface area (Å²) >= 11 is 10.6. The number of hydrogen-bond donors (Lipinski definition) is 2. The number of nitrogens with one attached hydrogen (secondary N) is 1. The Labute approximate surface area is 154 Å². The molecule has 0 aliphatic carbocycles. The van der Waals surface area contributed by atoms with Gasteiger partial charge in [0.05, 0.1) is 33.6 Å². The van der Waals surface area contributed by atoms with Crippen LogP contribution in [0.5, 0.6) is 0 Å². The molecule has 8 heteroatoms. The van der Waals surface area contributed by atoms with E-state index < -0.39 is 0 Å². The largest absolute Gasteiger partial charge is 0.321 e. The Kier molecular flexibility index (Phi) is 4.03. The van der Waals surface area contributed by atoms with E-state index in [9.17, 15) is 0 Å². The Morgan fingerprint density at radius 2 is 2.00 bits per heavy atom. The summed E-state index contributed by atoms with van der Waals surface area (Å²) in [5, 5.41) is 13.5. The molecule has 25 heavy (non-hydrogen) atoms. The molecular formula is C17H13ClN6S. The summed E-state index contributed by atoms with van der Waals surface area (Å²) in [6, 6.07) is 13.2. The summed E-state index contributed by atoms with van der Waals surface area (Å²) < 4.78 is 1.67. The molecule has 0 saturated carbocycles. The summed E-state index contributed by atoms with van der Waals surface area (Å²) in [5.41, 5.74) is 3.88. The Morgan fingerprint density at radius 1 is 1.16 bits per heavy atom. The van der Waals surface area contributed by atoms with Crippen LogP contribution in [0.1, 0.15) is 5.69 Å². The van der Waals surface area contributed by atoms with E-state index in [0.717, 1.165) is 27.3 Å². The number of H-pyrrole nitrogens is 1. The van der Waals surface area contributed by atoms with Gasteiger partial charge >= 0.3 is 0 Å². The maximum atomic E-state index is 6.25. The molecule has 124 valence electrons. The Hall–Kier alpha value is -2.64. The molecule has 0 aliphatic heterocycles. The van der Waals surface area contributed by atoms with Crippen molar-refractivity contribution in [3.63, 3.8) is 0 Å². The lowest BCUT2D eigenvalue weighted by Gasteiger charge is -2.04. The number of hydrogen-bond acceptors (Lipinski definition) is 5. The maximum absolute atomic E-state index is 6.25. The van der Waals surface area contributed by atoms with E-state index in [0.29, 0.717) is 16.7 Å². The predicted molar refractivity (Wildman–Crippen MR) is 101 cm³/mol. The van der Waals surface area contributed by atoms with Crippen molar-refractivity contribution < 1.29 is 0 Å². The zero-order chi connectivity index (χ0) is 17.4. The van der Waals surface area contributed by atoms with E-state index in [4.69, 9.17) is 11.6 Å². The number of aromatic nitrogens is 4. The third kappa shape index (κ3) is 3.16. The predicted octanol–water partition coefficient (Wildman–Crippen LogP) is 5.41. The molecule has 0 atom stereocenters. The average molecular weight is 369 g/mol. The van der Waals surface area contributed by atoms with Gasteiger partial charge in [-0.25, -0.2) is 9.67 Å². The number of fused-ring (bicyclic) bond motifs is 1. The lowest BCUT2D eigenvalue weighted by Crippen LogP contribution is -1.95. The molecule has 4 aromatic rings. The monoisotopic (exact) mass is 368 g/mol. The quantitative estimate of drug-likeness (QED) is 0.374. The van der Waals surface area contributed by atoms with Gasteiger partial charge in [-0.05, 0) is 37.3 Å². The number of benzene rings is 2. The van der Waals surface area contributed by atoms with Crippen LogP contribution >= 0.6 is 24.2 Å². The molecule has 0 bridgehead atoms. The molecule has 2 aromatic heterocycles. The number of imidazole rings is 1. The molecule has 6 nitrogen and oxygen atoms in total. The summed E-state index contributed by atoms with van der Waals surface area (Å²) in [4.78, 5) is 8.29. The van der Waals surface area contributed by atoms with Crippen LogP contribution in [-0.4, -0.2) is 19.7 Å². The van der Waals surface area contributed by atoms with Crippen molar-refractivity contribution >= 4 is 46.9 Å². The molecule has 0 saturated heterocycles. The molecule has 2 aromatic carbocycles. The van der Waals surface area contributed by atoms with E-state index in [1.807, 2.05) is 43.3 Å². The highest BCUT2D eigenvalue weighted by molar-refractivity contribution is 7.80. The van der Waals surface area contributed by atoms with Crippen molar-refractivity contribution in [2.24, 2.45) is 10.2 Å². The van der Waals surface area contributed by atoms with Crippen LogP contribution in [0.25, 0.3) is 16.7 Å². The van der Waals surface area contributed by atoms with Crippen LogP contribution in [0.3, 0.4) is 0 Å². The van der Waals surface area contributed by atoms with E-state index in [1.54, 1.807) is 16.9 Å². The van der Waals surface area contributed by atoms with Crippen molar-refractivity contribution in [1.82, 2.24) is 19.7 Å². The van der Waals surface area contributed by atoms with Crippen LogP contribution < -0.4 is 0 Å². The van der Waals surface area contributed by atoms with E-state index in [-0.39, 0.29) is 0 Å². The number of thiol groups is 1. The third-order valence-electron chi connectivity index (χ3n) is 3.68. The highest BCUT2D eigenvalue weighted by Gasteiger charge is 2.10. The highest BCUT2D eigenvalue weighted by Crippen LogP contribution is 2.27. The molecule has 0 aliphatic rings. The standard InChI is InChI=1S/C17H13ClN6S/c1-10-15(9-24(23-10)16-8-11(25)6-7-12(16)18)21-22-17-19-13-4-2-3-5-14(13)20-17/h2-9,25H,1H3,(H,19,20). The first-order chi connectivity index (χ1) is 12.1. The fraction of sp³-hybridized carbons (Fsp3) is 0.0588. The Bertz CT molecular complexity index is 1060. The minimum absolute atomic E-state index is 0.448. The molecule has 4 rings (SSSR count). The topological polar surface area (TPSA) is 71.2 Å². The molecule has 1 N–H and O–H groups in total. The number of nitrogens with zero attached hydrogens (tertiary/aromatic N) is 5. The first kappa shape index (κ1) is 15.9. The average Bonchev–Trinajstić information content (AvgIpc) is 3.18. The summed E-state index contributed by atoms with van der Waals surface area (Å²) in [7, 11) is 0. The van der Waals surface area contributed by atoms with Crippen molar-refractivity contribution in [3.05, 3.63) is 59.4 Å². The van der Waals surface area contributed by atoms with Crippen molar-refractivity contribution in [3.8, 4) is 5.69 Å². The number of azo groups is 1. The number of halogens is 1. The SMILES string of the molecule is Cc1nn(-c2cc(S)ccc2Cl)cc1N=Nc1nc2ccccc2[nH]1. The van der Waals surface area contributed by atoms with Gasteiger partial charge in [-0.15, -0.1) is 22.9 Å². The maximum Gasteiger partial charge on any atom is 0.247 e. The van der Waals surface area contributed by atoms with Crippen LogP contribution in [0.4, 0.5) is 11.6 Å². The van der Waals surface area contributed by atoms with Gasteiger partial charge in [-0.2, -0.15) is 5.10 Å². The zero-order valence-electron chi connectivity index (χ0n) is 13.2. The van der Waals surface area contributed by atoms with Gasteiger partial charge in [0, 0.05) is 4.90 Å². The van der Waals surface area contributed by atoms with E-state index >= 15 is 0 Å². The summed E-state index contributed by atoms with van der Waals surface area (Å²) in [6.45, 7) is 1.86. The van der Waals surface area contributed by atoms with Gasteiger partial charge < -0.3 is 4.98 Å². The van der Waals surface area contributed by atoms with Gasteiger partial charge in [-0.1, -0.05) is 23.7 Å². The van der Waals surface area contributed by atoms with Crippen molar-refractivity contribution in [1.29, 1.82) is 0 Å². The molecule has 0 amide bonds. The fourth-order valence-electron chi connectivity index (χ4n) is 2.44. The smallest absolute Gasteiger partial charge is 0.247 e. The second-order valence-electron chi connectivity index (χ2n) is 5.46. The Morgan fingerprint density at radius 3 is 2.84 bits per heavy atom. The minimum atomic E-state index is 0.448. The first-order valence-corrected chi connectivity index (χ1v) is 8.34. The van der Waals surface area contributed by atoms with Gasteiger partial charge in [0.2, 0.25) is 5.95 Å². The highest BCUT2D eigenvalue weighted by atomic mass is 35.5. The first-order valence-electron chi connectivity index (χ1n) is 7.52. The van der Waals surface area contributed by atoms with Crippen LogP contribution in [0.15, 0.2) is 63.8 Å². The lowest BCUT2D eigenvalue weighted by atomic mass is 10.3. The zero-order valence-corrected chi connectivity index (χ0v) is 14.8. The summed E-state index contributed by atoms with van der Waals surface area (Å²) in [5.74, 6) is 0.448. The van der Waals surface area contributed by atoms with Crippen LogP contribution in [0, 0.1) is 6.92 Å². The van der Waals surface area contributed by atoms with Gasteiger partial charge in [0.1, 0.15) is 5.69 Å². The summed E-state index contributed by atoms with van der Waals surface area (Å²) in [6.07, 6.45) is 1.77. The second kappa shape index (κ2) is 6.34. The second-order valence-corrected chi connectivity index (χ2v) is 6.38. The molecule has 0 fully saturated rings. The van der Waals surface area contributed by atoms with E-state index in [2.05, 4.69) is 37.9 Å². The molecule has 2 heterocycles. The molecule has 0 radical (unpaired) electrons. The van der Waals surface area contributed by atoms with Crippen LogP contribution in [-0.2, 0) is 0 Å². The van der Waals surface area contributed by atoms with Crippen molar-refractivity contribution in [2.45, 2.75) is 11.8 Å². The number of aromatic amines is 1. The molecular weight excluding hydrogens is 356 g/mol. The van der Waals surface area contributed by atoms with Gasteiger partial charge in [0.25, 0.3) is 0 Å². The number of para-hydroxylation sites is 2. The minimum Gasteiger partial charge on any atom is -0.321 e. The molecule has 0 unspecified atom stereocenters. The normalized spacial score (nSPS) is 11.6. The third-order valence-corrected chi connectivity index (χ3v) is 4.28. The number of aryl methyl sites for hydroxylation is 1. The fourth-order valence-corrected chi connectivity index (χ4v) is 2.84. The van der Waals surface area contributed by atoms with E-state index in [1.165, 1.54) is 0 Å². The Balaban J connectivity index is 1.67. The van der Waals surface area contributed by atoms with Crippen LogP contribution in [0.2, 0.25) is 5.02 Å². The number of rotatable bonds is 3. The molecule has 0 spiro atoms. The van der Waals surface area contributed by atoms with Gasteiger partial charge in [0.15, 0.2) is 0 Å².